The molecule has 0 saturated carbocycles. The summed E-state index contributed by atoms with van der Waals surface area (Å²) in [5.74, 6) is 0.588. The summed E-state index contributed by atoms with van der Waals surface area (Å²) >= 11 is 3.39. The molecular weight excluding hydrogens is 332 g/mol. The fraction of sp³-hybridized carbons (Fsp3) is 0.267. The topological polar surface area (TPSA) is 58.1 Å². The third-order valence-corrected chi connectivity index (χ3v) is 3.91. The molecule has 1 N–H and O–H groups in total. The van der Waals surface area contributed by atoms with Gasteiger partial charge in [-0.2, -0.15) is 0 Å². The smallest absolute Gasteiger partial charge is 0.274 e. The Morgan fingerprint density at radius 2 is 1.81 bits per heavy atom. The number of nitrogens with one attached hydrogen (secondary N) is 1. The zero-order valence-corrected chi connectivity index (χ0v) is 13.0. The molecule has 1 aliphatic heterocycles. The quantitative estimate of drug-likeness (QED) is 0.926. The first-order valence-electron chi connectivity index (χ1n) is 6.86. The lowest BCUT2D eigenvalue weighted by atomic mass is 10.3. The van der Waals surface area contributed by atoms with Crippen molar-refractivity contribution in [3.8, 4) is 0 Å². The van der Waals surface area contributed by atoms with Crippen LogP contribution in [-0.2, 0) is 0 Å². The molecule has 0 bridgehead atoms. The minimum absolute atomic E-state index is 0.0322. The summed E-state index contributed by atoms with van der Waals surface area (Å²) < 4.78 is 1.02. The number of likely N-dealkylation sites (tertiary alicyclic amines) is 1. The molecule has 2 aromatic rings. The summed E-state index contributed by atoms with van der Waals surface area (Å²) in [5, 5.41) is 3.15. The van der Waals surface area contributed by atoms with Gasteiger partial charge in [-0.05, 0) is 37.1 Å². The Bertz CT molecular complexity index is 621. The van der Waals surface area contributed by atoms with Crippen LogP contribution in [-0.4, -0.2) is 33.9 Å². The number of nitrogens with zero attached hydrogens (tertiary/aromatic N) is 3. The van der Waals surface area contributed by atoms with Gasteiger partial charge in [0.15, 0.2) is 0 Å². The minimum Gasteiger partial charge on any atom is -0.339 e. The molecule has 108 valence electrons. The van der Waals surface area contributed by atoms with Gasteiger partial charge in [0.05, 0.1) is 12.4 Å². The number of rotatable bonds is 3. The number of anilines is 2. The molecule has 21 heavy (non-hydrogen) atoms. The lowest BCUT2D eigenvalue weighted by molar-refractivity contribution is 0.0786. The maximum absolute atomic E-state index is 12.2. The molecule has 5 nitrogen and oxygen atoms in total. The molecule has 1 aromatic carbocycles. The van der Waals surface area contributed by atoms with Crippen molar-refractivity contribution < 1.29 is 4.79 Å². The second-order valence-electron chi connectivity index (χ2n) is 4.92. The summed E-state index contributed by atoms with van der Waals surface area (Å²) in [6.45, 7) is 1.64. The summed E-state index contributed by atoms with van der Waals surface area (Å²) in [5.41, 5.74) is 1.32. The molecule has 3 rings (SSSR count). The number of amides is 1. The van der Waals surface area contributed by atoms with E-state index in [4.69, 9.17) is 0 Å². The van der Waals surface area contributed by atoms with E-state index in [0.29, 0.717) is 11.5 Å². The molecule has 1 aromatic heterocycles. The van der Waals surface area contributed by atoms with Gasteiger partial charge in [0.2, 0.25) is 0 Å². The van der Waals surface area contributed by atoms with Crippen LogP contribution in [0.5, 0.6) is 0 Å². The highest BCUT2D eigenvalue weighted by molar-refractivity contribution is 9.10. The SMILES string of the molecule is O=C(c1cnc(Nc2ccc(Br)cc2)cn1)N1CCCC1. The molecule has 0 radical (unpaired) electrons. The Labute approximate surface area is 131 Å². The predicted octanol–water partition coefficient (Wildman–Crippen LogP) is 3.22. The predicted molar refractivity (Wildman–Crippen MR) is 84.6 cm³/mol. The molecule has 0 unspecified atom stereocenters. The van der Waals surface area contributed by atoms with E-state index in [-0.39, 0.29) is 5.91 Å². The van der Waals surface area contributed by atoms with Crippen LogP contribution in [0.15, 0.2) is 41.1 Å². The Balaban J connectivity index is 1.68. The van der Waals surface area contributed by atoms with Crippen LogP contribution in [0, 0.1) is 0 Å². The Hall–Kier alpha value is -1.95. The first kappa shape index (κ1) is 14.0. The van der Waals surface area contributed by atoms with E-state index < -0.39 is 0 Å². The normalized spacial score (nSPS) is 14.2. The molecular formula is C15H15BrN4O. The maximum Gasteiger partial charge on any atom is 0.274 e. The molecule has 0 spiro atoms. The zero-order valence-electron chi connectivity index (χ0n) is 11.4. The van der Waals surface area contributed by atoms with Crippen molar-refractivity contribution in [2.24, 2.45) is 0 Å². The van der Waals surface area contributed by atoms with Crippen LogP contribution in [0.2, 0.25) is 0 Å². The van der Waals surface area contributed by atoms with Gasteiger partial charge < -0.3 is 10.2 Å². The molecule has 6 heteroatoms. The van der Waals surface area contributed by atoms with Gasteiger partial charge in [0.1, 0.15) is 11.5 Å². The Morgan fingerprint density at radius 3 is 2.43 bits per heavy atom. The van der Waals surface area contributed by atoms with Crippen LogP contribution in [0.3, 0.4) is 0 Å². The molecule has 0 atom stereocenters. The summed E-state index contributed by atoms with van der Waals surface area (Å²) in [7, 11) is 0. The number of carbonyl (C=O) groups is 1. The number of aromatic nitrogens is 2. The fourth-order valence-electron chi connectivity index (χ4n) is 2.27. The van der Waals surface area contributed by atoms with Crippen molar-refractivity contribution in [2.45, 2.75) is 12.8 Å². The average molecular weight is 347 g/mol. The van der Waals surface area contributed by atoms with Crippen LogP contribution >= 0.6 is 15.9 Å². The maximum atomic E-state index is 12.2. The first-order chi connectivity index (χ1) is 10.2. The average Bonchev–Trinajstić information content (AvgIpc) is 3.04. The van der Waals surface area contributed by atoms with Gasteiger partial charge in [-0.15, -0.1) is 0 Å². The third kappa shape index (κ3) is 3.39. The Morgan fingerprint density at radius 1 is 1.10 bits per heavy atom. The van der Waals surface area contributed by atoms with E-state index in [2.05, 4.69) is 31.2 Å². The number of halogens is 1. The molecule has 1 amide bonds. The van der Waals surface area contributed by atoms with Crippen LogP contribution < -0.4 is 5.32 Å². The van der Waals surface area contributed by atoms with Crippen molar-refractivity contribution >= 4 is 33.3 Å². The highest BCUT2D eigenvalue weighted by Crippen LogP contribution is 2.18. The van der Waals surface area contributed by atoms with E-state index in [1.165, 1.54) is 6.20 Å². The second-order valence-corrected chi connectivity index (χ2v) is 5.83. The van der Waals surface area contributed by atoms with E-state index in [1.807, 2.05) is 29.2 Å². The van der Waals surface area contributed by atoms with Gasteiger partial charge in [0.25, 0.3) is 5.91 Å². The minimum atomic E-state index is -0.0322. The molecule has 1 fully saturated rings. The van der Waals surface area contributed by atoms with Gasteiger partial charge in [0, 0.05) is 23.2 Å². The van der Waals surface area contributed by atoms with Gasteiger partial charge in [-0.1, -0.05) is 15.9 Å². The number of hydrogen-bond acceptors (Lipinski definition) is 4. The second kappa shape index (κ2) is 6.22. The Kier molecular flexibility index (Phi) is 4.15. The van der Waals surface area contributed by atoms with E-state index in [0.717, 1.165) is 36.1 Å². The largest absolute Gasteiger partial charge is 0.339 e. The van der Waals surface area contributed by atoms with E-state index >= 15 is 0 Å². The standard InChI is InChI=1S/C15H15BrN4O/c16-11-3-5-12(6-4-11)19-14-10-17-13(9-18-14)15(21)20-7-1-2-8-20/h3-6,9-10H,1-2,7-8H2,(H,18,19). The monoisotopic (exact) mass is 346 g/mol. The van der Waals surface area contributed by atoms with E-state index in [9.17, 15) is 4.79 Å². The summed E-state index contributed by atoms with van der Waals surface area (Å²) in [6.07, 6.45) is 5.26. The van der Waals surface area contributed by atoms with Gasteiger partial charge in [-0.25, -0.2) is 9.97 Å². The van der Waals surface area contributed by atoms with Crippen molar-refractivity contribution in [3.05, 3.63) is 46.8 Å². The number of hydrogen-bond donors (Lipinski definition) is 1. The summed E-state index contributed by atoms with van der Waals surface area (Å²) in [6, 6.07) is 7.77. The van der Waals surface area contributed by atoms with Gasteiger partial charge in [-0.3, -0.25) is 4.79 Å². The third-order valence-electron chi connectivity index (χ3n) is 3.38. The molecule has 1 saturated heterocycles. The molecule has 2 heterocycles. The number of carbonyl (C=O) groups excluding carboxylic acids is 1. The summed E-state index contributed by atoms with van der Waals surface area (Å²) in [4.78, 5) is 22.4. The van der Waals surface area contributed by atoms with Crippen molar-refractivity contribution in [3.63, 3.8) is 0 Å². The van der Waals surface area contributed by atoms with Crippen LogP contribution in [0.1, 0.15) is 23.3 Å². The highest BCUT2D eigenvalue weighted by atomic mass is 79.9. The lowest BCUT2D eigenvalue weighted by Crippen LogP contribution is -2.28. The van der Waals surface area contributed by atoms with Crippen molar-refractivity contribution in [2.75, 3.05) is 18.4 Å². The highest BCUT2D eigenvalue weighted by Gasteiger charge is 2.20. The van der Waals surface area contributed by atoms with Gasteiger partial charge >= 0.3 is 0 Å². The lowest BCUT2D eigenvalue weighted by Gasteiger charge is -2.14. The molecule has 0 aliphatic carbocycles. The van der Waals surface area contributed by atoms with E-state index in [1.54, 1.807) is 6.20 Å². The van der Waals surface area contributed by atoms with Crippen LogP contribution in [0.25, 0.3) is 0 Å². The zero-order chi connectivity index (χ0) is 14.7. The van der Waals surface area contributed by atoms with Crippen molar-refractivity contribution in [1.82, 2.24) is 14.9 Å². The molecule has 1 aliphatic rings. The first-order valence-corrected chi connectivity index (χ1v) is 7.65. The van der Waals surface area contributed by atoms with Crippen molar-refractivity contribution in [1.29, 1.82) is 0 Å². The van der Waals surface area contributed by atoms with Crippen LogP contribution in [0.4, 0.5) is 11.5 Å². The number of benzene rings is 1. The fourth-order valence-corrected chi connectivity index (χ4v) is 2.53.